The van der Waals surface area contributed by atoms with E-state index in [-0.39, 0.29) is 5.97 Å². The minimum atomic E-state index is -0.207. The van der Waals surface area contributed by atoms with Gasteiger partial charge in [0.15, 0.2) is 0 Å². The van der Waals surface area contributed by atoms with Gasteiger partial charge in [-0.2, -0.15) is 0 Å². The summed E-state index contributed by atoms with van der Waals surface area (Å²) in [5, 5.41) is 0. The van der Waals surface area contributed by atoms with Crippen molar-refractivity contribution in [2.45, 2.75) is 96.8 Å². The molecule has 1 aromatic heterocycles. The van der Waals surface area contributed by atoms with Crippen LogP contribution in [-0.2, 0) is 4.79 Å². The highest BCUT2D eigenvalue weighted by molar-refractivity contribution is 5.71. The van der Waals surface area contributed by atoms with E-state index in [9.17, 15) is 4.79 Å². The Kier molecular flexibility index (Phi) is 14.4. The van der Waals surface area contributed by atoms with E-state index in [1.54, 1.807) is 12.3 Å². The van der Waals surface area contributed by atoms with Crippen LogP contribution in [0.1, 0.15) is 96.8 Å². The molecule has 0 radical (unpaired) electrons. The lowest BCUT2D eigenvalue weighted by atomic mass is 10.1. The van der Waals surface area contributed by atoms with Gasteiger partial charge in [-0.15, -0.1) is 0 Å². The maximum absolute atomic E-state index is 11.7. The van der Waals surface area contributed by atoms with Crippen LogP contribution in [0.3, 0.4) is 0 Å². The zero-order valence-corrected chi connectivity index (χ0v) is 16.5. The predicted molar refractivity (Wildman–Crippen MR) is 107 cm³/mol. The predicted octanol–water partition coefficient (Wildman–Crippen LogP) is 6.42. The average molecular weight is 361 g/mol. The number of allylic oxidation sites excluding steroid dienone is 2. The second kappa shape index (κ2) is 16.7. The van der Waals surface area contributed by atoms with E-state index >= 15 is 0 Å². The summed E-state index contributed by atoms with van der Waals surface area (Å²) < 4.78 is 5.13. The van der Waals surface area contributed by atoms with Gasteiger partial charge >= 0.3 is 5.97 Å². The number of rotatable bonds is 16. The lowest BCUT2D eigenvalue weighted by molar-refractivity contribution is -0.134. The van der Waals surface area contributed by atoms with E-state index in [4.69, 9.17) is 4.74 Å². The van der Waals surface area contributed by atoms with Crippen LogP contribution in [0, 0.1) is 0 Å². The summed E-state index contributed by atoms with van der Waals surface area (Å²) in [6.07, 6.45) is 24.4. The van der Waals surface area contributed by atoms with Crippen LogP contribution in [-0.4, -0.2) is 15.9 Å². The second-order valence-electron chi connectivity index (χ2n) is 6.86. The molecule has 0 aliphatic heterocycles. The molecule has 4 heteroatoms. The largest absolute Gasteiger partial charge is 0.407 e. The average Bonchev–Trinajstić information content (AvgIpc) is 2.65. The van der Waals surface area contributed by atoms with E-state index in [1.165, 1.54) is 77.0 Å². The fraction of sp³-hybridized carbons (Fsp3) is 0.682. The first-order chi connectivity index (χ1) is 12.8. The van der Waals surface area contributed by atoms with Gasteiger partial charge in [0.25, 0.3) is 0 Å². The van der Waals surface area contributed by atoms with Crippen LogP contribution in [0.5, 0.6) is 5.88 Å². The Morgan fingerprint density at radius 1 is 0.923 bits per heavy atom. The first kappa shape index (κ1) is 22.3. The summed E-state index contributed by atoms with van der Waals surface area (Å²) >= 11 is 0. The molecule has 1 aromatic rings. The van der Waals surface area contributed by atoms with Gasteiger partial charge in [-0.05, 0) is 32.1 Å². The van der Waals surface area contributed by atoms with Gasteiger partial charge in [0, 0.05) is 18.7 Å². The monoisotopic (exact) mass is 360 g/mol. The normalized spacial score (nSPS) is 11.1. The zero-order valence-electron chi connectivity index (χ0n) is 16.5. The number of hydrogen-bond acceptors (Lipinski definition) is 4. The number of nitrogens with zero attached hydrogens (tertiary/aromatic N) is 2. The number of carbonyl (C=O) groups is 1. The third kappa shape index (κ3) is 13.6. The number of aromatic nitrogens is 2. The first-order valence-corrected chi connectivity index (χ1v) is 10.4. The molecule has 0 aliphatic rings. The Hall–Kier alpha value is -1.71. The maximum atomic E-state index is 11.7. The molecule has 0 amide bonds. The summed E-state index contributed by atoms with van der Waals surface area (Å²) in [6.45, 7) is 2.26. The van der Waals surface area contributed by atoms with Crippen molar-refractivity contribution in [3.8, 4) is 5.88 Å². The van der Waals surface area contributed by atoms with Crippen molar-refractivity contribution < 1.29 is 9.53 Å². The molecular formula is C22H36N2O2. The van der Waals surface area contributed by atoms with Crippen molar-refractivity contribution in [3.05, 3.63) is 30.7 Å². The minimum Gasteiger partial charge on any atom is -0.407 e. The van der Waals surface area contributed by atoms with E-state index < -0.39 is 0 Å². The smallest absolute Gasteiger partial charge is 0.312 e. The van der Waals surface area contributed by atoms with Crippen molar-refractivity contribution in [2.75, 3.05) is 0 Å². The molecule has 0 saturated heterocycles. The number of carbonyl (C=O) groups excluding carboxylic acids is 1. The Labute approximate surface area is 159 Å². The van der Waals surface area contributed by atoms with Crippen molar-refractivity contribution in [2.24, 2.45) is 0 Å². The molecule has 4 nitrogen and oxygen atoms in total. The number of hydrogen-bond donors (Lipinski definition) is 0. The van der Waals surface area contributed by atoms with Gasteiger partial charge in [-0.25, -0.2) is 9.97 Å². The molecule has 146 valence electrons. The van der Waals surface area contributed by atoms with Gasteiger partial charge in [0.1, 0.15) is 6.33 Å². The van der Waals surface area contributed by atoms with E-state index in [2.05, 4.69) is 29.0 Å². The van der Waals surface area contributed by atoms with E-state index in [1.807, 2.05) is 0 Å². The molecular weight excluding hydrogens is 324 g/mol. The van der Waals surface area contributed by atoms with Crippen molar-refractivity contribution >= 4 is 5.97 Å². The van der Waals surface area contributed by atoms with Gasteiger partial charge in [0.05, 0.1) is 0 Å². The highest BCUT2D eigenvalue weighted by Gasteiger charge is 2.04. The van der Waals surface area contributed by atoms with E-state index in [0.717, 1.165) is 12.8 Å². The van der Waals surface area contributed by atoms with E-state index in [0.29, 0.717) is 12.3 Å². The summed E-state index contributed by atoms with van der Waals surface area (Å²) in [4.78, 5) is 19.3. The van der Waals surface area contributed by atoms with Crippen LogP contribution < -0.4 is 4.74 Å². The van der Waals surface area contributed by atoms with Crippen LogP contribution in [0.2, 0.25) is 0 Å². The van der Waals surface area contributed by atoms with Crippen LogP contribution in [0.25, 0.3) is 0 Å². The number of unbranched alkanes of at least 4 members (excludes halogenated alkanes) is 11. The summed E-state index contributed by atoms with van der Waals surface area (Å²) in [7, 11) is 0. The second-order valence-corrected chi connectivity index (χ2v) is 6.86. The fourth-order valence-corrected chi connectivity index (χ4v) is 2.85. The van der Waals surface area contributed by atoms with Crippen molar-refractivity contribution in [3.63, 3.8) is 0 Å². The van der Waals surface area contributed by atoms with Gasteiger partial charge in [-0.3, -0.25) is 4.79 Å². The highest BCUT2D eigenvalue weighted by atomic mass is 16.5. The Morgan fingerprint density at radius 2 is 1.54 bits per heavy atom. The molecule has 0 fully saturated rings. The molecule has 0 aliphatic carbocycles. The molecule has 0 N–H and O–H groups in total. The number of esters is 1. The van der Waals surface area contributed by atoms with Gasteiger partial charge in [-0.1, -0.05) is 70.4 Å². The highest BCUT2D eigenvalue weighted by Crippen LogP contribution is 2.11. The molecule has 0 spiro atoms. The number of ether oxygens (including phenoxy) is 1. The summed E-state index contributed by atoms with van der Waals surface area (Å²) in [6, 6.07) is 1.60. The van der Waals surface area contributed by atoms with Crippen LogP contribution >= 0.6 is 0 Å². The summed E-state index contributed by atoms with van der Waals surface area (Å²) in [5.41, 5.74) is 0. The summed E-state index contributed by atoms with van der Waals surface area (Å²) in [5.74, 6) is 0.124. The minimum absolute atomic E-state index is 0.207. The molecule has 1 rings (SSSR count). The SMILES string of the molecule is CCCCCCCC/C=C\CCCCCCCC(=O)Oc1ccncn1. The quantitative estimate of drug-likeness (QED) is 0.194. The van der Waals surface area contributed by atoms with Crippen LogP contribution in [0.4, 0.5) is 0 Å². The molecule has 0 unspecified atom stereocenters. The fourth-order valence-electron chi connectivity index (χ4n) is 2.85. The molecule has 0 aromatic carbocycles. The Balaban J connectivity index is 1.83. The first-order valence-electron chi connectivity index (χ1n) is 10.4. The topological polar surface area (TPSA) is 52.1 Å². The molecule has 0 saturated carbocycles. The standard InChI is InChI=1S/C22H36N2O2/c1-2-3-4-5-6-7-8-9-10-11-12-13-14-15-16-17-22(25)26-21-18-19-23-20-24-21/h9-10,18-20H,2-8,11-17H2,1H3/b10-9-. The molecule has 26 heavy (non-hydrogen) atoms. The third-order valence-electron chi connectivity index (χ3n) is 4.42. The lowest BCUT2D eigenvalue weighted by Crippen LogP contribution is -2.08. The van der Waals surface area contributed by atoms with Crippen molar-refractivity contribution in [1.29, 1.82) is 0 Å². The van der Waals surface area contributed by atoms with Crippen LogP contribution in [0.15, 0.2) is 30.7 Å². The van der Waals surface area contributed by atoms with Gasteiger partial charge < -0.3 is 4.74 Å². The Morgan fingerprint density at radius 3 is 2.15 bits per heavy atom. The third-order valence-corrected chi connectivity index (χ3v) is 4.42. The molecule has 0 atom stereocenters. The zero-order chi connectivity index (χ0) is 18.7. The lowest BCUT2D eigenvalue weighted by Gasteiger charge is -2.03. The van der Waals surface area contributed by atoms with Gasteiger partial charge in [0.2, 0.25) is 5.88 Å². The van der Waals surface area contributed by atoms with Crippen molar-refractivity contribution in [1.82, 2.24) is 9.97 Å². The maximum Gasteiger partial charge on any atom is 0.312 e. The molecule has 0 bridgehead atoms. The Bertz CT molecular complexity index is 474. The molecule has 1 heterocycles.